The van der Waals surface area contributed by atoms with Crippen molar-refractivity contribution >= 4 is 11.7 Å². The summed E-state index contributed by atoms with van der Waals surface area (Å²) in [6.45, 7) is -0.379. The van der Waals surface area contributed by atoms with E-state index in [1.165, 1.54) is 18.3 Å². The van der Waals surface area contributed by atoms with E-state index in [1.807, 2.05) is 0 Å². The molecule has 0 aliphatic rings. The van der Waals surface area contributed by atoms with Crippen LogP contribution in [0.4, 0.5) is 18.9 Å². The van der Waals surface area contributed by atoms with Gasteiger partial charge < -0.3 is 10.4 Å². The van der Waals surface area contributed by atoms with Crippen LogP contribution in [-0.4, -0.2) is 28.8 Å². The highest BCUT2D eigenvalue weighted by molar-refractivity contribution is 5.91. The predicted molar refractivity (Wildman–Crippen MR) is 50.4 cm³/mol. The van der Waals surface area contributed by atoms with Crippen molar-refractivity contribution in [2.24, 2.45) is 0 Å². The van der Waals surface area contributed by atoms with Gasteiger partial charge in [0.05, 0.1) is 12.1 Å². The van der Waals surface area contributed by atoms with Gasteiger partial charge in [0.15, 0.2) is 5.69 Å². The van der Waals surface area contributed by atoms with Crippen molar-refractivity contribution < 1.29 is 23.1 Å². The Hall–Kier alpha value is -1.79. The molecule has 1 aromatic heterocycles. The van der Waals surface area contributed by atoms with Crippen LogP contribution in [0.2, 0.25) is 0 Å². The lowest BCUT2D eigenvalue weighted by atomic mass is 10.3. The molecule has 1 heterocycles. The lowest BCUT2D eigenvalue weighted by Gasteiger charge is -2.10. The molecule has 0 saturated carbocycles. The number of carboxylic acids is 1. The second-order valence-electron chi connectivity index (χ2n) is 3.00. The first-order chi connectivity index (χ1) is 7.40. The Morgan fingerprint density at radius 2 is 2.19 bits per heavy atom. The van der Waals surface area contributed by atoms with Gasteiger partial charge in [0.2, 0.25) is 0 Å². The topological polar surface area (TPSA) is 62.2 Å². The van der Waals surface area contributed by atoms with Gasteiger partial charge in [0.1, 0.15) is 0 Å². The number of hydrogen-bond acceptors (Lipinski definition) is 3. The van der Waals surface area contributed by atoms with Crippen molar-refractivity contribution in [1.29, 1.82) is 0 Å². The van der Waals surface area contributed by atoms with Crippen molar-refractivity contribution in [2.45, 2.75) is 12.6 Å². The number of pyridine rings is 1. The van der Waals surface area contributed by atoms with Gasteiger partial charge in [0.25, 0.3) is 0 Å². The summed E-state index contributed by atoms with van der Waals surface area (Å²) >= 11 is 0. The average Bonchev–Trinajstić information content (AvgIpc) is 2.16. The molecule has 0 amide bonds. The zero-order chi connectivity index (χ0) is 12.2. The van der Waals surface area contributed by atoms with Gasteiger partial charge in [-0.2, -0.15) is 13.2 Å². The van der Waals surface area contributed by atoms with E-state index < -0.39 is 18.6 Å². The smallest absolute Gasteiger partial charge is 0.390 e. The van der Waals surface area contributed by atoms with Crippen LogP contribution in [0.25, 0.3) is 0 Å². The average molecular weight is 234 g/mol. The maximum absolute atomic E-state index is 11.8. The lowest BCUT2D eigenvalue weighted by Crippen LogP contribution is -2.16. The highest BCUT2D eigenvalue weighted by Gasteiger charge is 2.26. The number of carbonyl (C=O) groups is 1. The molecule has 2 N–H and O–H groups in total. The second kappa shape index (κ2) is 4.82. The van der Waals surface area contributed by atoms with Crippen molar-refractivity contribution in [2.75, 3.05) is 11.9 Å². The number of halogens is 3. The summed E-state index contributed by atoms with van der Waals surface area (Å²) in [7, 11) is 0. The first-order valence-corrected chi connectivity index (χ1v) is 4.39. The largest absolute Gasteiger partial charge is 0.476 e. The number of hydrogen-bond donors (Lipinski definition) is 2. The molecule has 88 valence electrons. The normalized spacial score (nSPS) is 11.2. The Kier molecular flexibility index (Phi) is 3.70. The zero-order valence-electron chi connectivity index (χ0n) is 8.08. The number of aromatic nitrogens is 1. The third-order valence-corrected chi connectivity index (χ3v) is 1.73. The number of nitrogens with one attached hydrogen (secondary N) is 1. The van der Waals surface area contributed by atoms with E-state index in [0.717, 1.165) is 0 Å². The fraction of sp³-hybridized carbons (Fsp3) is 0.333. The van der Waals surface area contributed by atoms with Crippen LogP contribution in [-0.2, 0) is 0 Å². The monoisotopic (exact) mass is 234 g/mol. The highest BCUT2D eigenvalue weighted by Crippen LogP contribution is 2.20. The number of anilines is 1. The minimum Gasteiger partial charge on any atom is -0.476 e. The molecular formula is C9H9F3N2O2. The summed E-state index contributed by atoms with van der Waals surface area (Å²) in [4.78, 5) is 14.2. The number of aromatic carboxylic acids is 1. The molecule has 0 saturated heterocycles. The van der Waals surface area contributed by atoms with Crippen molar-refractivity contribution in [3.8, 4) is 0 Å². The van der Waals surface area contributed by atoms with E-state index in [1.54, 1.807) is 0 Å². The van der Waals surface area contributed by atoms with E-state index >= 15 is 0 Å². The van der Waals surface area contributed by atoms with E-state index in [0.29, 0.717) is 0 Å². The summed E-state index contributed by atoms with van der Waals surface area (Å²) in [5.74, 6) is -1.28. The van der Waals surface area contributed by atoms with Crippen LogP contribution in [0, 0.1) is 0 Å². The van der Waals surface area contributed by atoms with Gasteiger partial charge in [0, 0.05) is 12.7 Å². The Morgan fingerprint density at radius 3 is 2.75 bits per heavy atom. The van der Waals surface area contributed by atoms with E-state index in [-0.39, 0.29) is 17.9 Å². The SMILES string of the molecule is O=C(O)c1ncccc1NCCC(F)(F)F. The minimum atomic E-state index is -4.27. The van der Waals surface area contributed by atoms with E-state index in [2.05, 4.69) is 10.3 Å². The van der Waals surface area contributed by atoms with Crippen molar-refractivity contribution in [3.63, 3.8) is 0 Å². The van der Waals surface area contributed by atoms with Crippen LogP contribution in [0.5, 0.6) is 0 Å². The first-order valence-electron chi connectivity index (χ1n) is 4.39. The molecule has 0 bridgehead atoms. The fourth-order valence-corrected chi connectivity index (χ4v) is 1.06. The quantitative estimate of drug-likeness (QED) is 0.837. The highest BCUT2D eigenvalue weighted by atomic mass is 19.4. The molecule has 4 nitrogen and oxygen atoms in total. The van der Waals surface area contributed by atoms with Crippen LogP contribution in [0.1, 0.15) is 16.9 Å². The summed E-state index contributed by atoms with van der Waals surface area (Å²) in [5.41, 5.74) is -0.205. The van der Waals surface area contributed by atoms with Crippen LogP contribution in [0.15, 0.2) is 18.3 Å². The summed E-state index contributed by atoms with van der Waals surface area (Å²) in [5, 5.41) is 11.1. The van der Waals surface area contributed by atoms with E-state index in [9.17, 15) is 18.0 Å². The Balaban J connectivity index is 2.64. The Bertz CT molecular complexity index is 379. The number of alkyl halides is 3. The molecule has 0 aliphatic carbocycles. The first kappa shape index (κ1) is 12.3. The molecule has 1 aromatic rings. The molecule has 0 radical (unpaired) electrons. The fourth-order valence-electron chi connectivity index (χ4n) is 1.06. The van der Waals surface area contributed by atoms with Gasteiger partial charge in [-0.25, -0.2) is 9.78 Å². The minimum absolute atomic E-state index is 0.0826. The zero-order valence-corrected chi connectivity index (χ0v) is 8.08. The molecular weight excluding hydrogens is 225 g/mol. The van der Waals surface area contributed by atoms with Gasteiger partial charge >= 0.3 is 12.1 Å². The van der Waals surface area contributed by atoms with Crippen LogP contribution >= 0.6 is 0 Å². The molecule has 16 heavy (non-hydrogen) atoms. The second-order valence-corrected chi connectivity index (χ2v) is 3.00. The molecule has 0 aliphatic heterocycles. The van der Waals surface area contributed by atoms with E-state index in [4.69, 9.17) is 5.11 Å². The predicted octanol–water partition coefficient (Wildman–Crippen LogP) is 2.14. The third-order valence-electron chi connectivity index (χ3n) is 1.73. The third kappa shape index (κ3) is 3.76. The van der Waals surface area contributed by atoms with Gasteiger partial charge in [-0.05, 0) is 12.1 Å². The number of rotatable bonds is 4. The van der Waals surface area contributed by atoms with Gasteiger partial charge in [-0.15, -0.1) is 0 Å². The molecule has 7 heteroatoms. The number of carboxylic acid groups (broad SMARTS) is 1. The Labute approximate surface area is 89.1 Å². The molecule has 0 fully saturated rings. The summed E-state index contributed by atoms with van der Waals surface area (Å²) < 4.78 is 35.5. The van der Waals surface area contributed by atoms with Crippen LogP contribution in [0.3, 0.4) is 0 Å². The summed E-state index contributed by atoms with van der Waals surface area (Å²) in [6, 6.07) is 2.81. The molecule has 0 aromatic carbocycles. The molecule has 1 rings (SSSR count). The van der Waals surface area contributed by atoms with Gasteiger partial charge in [-0.1, -0.05) is 0 Å². The lowest BCUT2D eigenvalue weighted by molar-refractivity contribution is -0.131. The van der Waals surface area contributed by atoms with Crippen molar-refractivity contribution in [3.05, 3.63) is 24.0 Å². The number of nitrogens with zero attached hydrogens (tertiary/aromatic N) is 1. The molecule has 0 unspecified atom stereocenters. The van der Waals surface area contributed by atoms with Crippen LogP contribution < -0.4 is 5.32 Å². The molecule has 0 atom stereocenters. The summed E-state index contributed by atoms with van der Waals surface area (Å²) in [6.07, 6.45) is -4.03. The maximum atomic E-state index is 11.8. The van der Waals surface area contributed by atoms with Crippen molar-refractivity contribution in [1.82, 2.24) is 4.98 Å². The van der Waals surface area contributed by atoms with Gasteiger partial charge in [-0.3, -0.25) is 0 Å². The molecule has 0 spiro atoms. The Morgan fingerprint density at radius 1 is 1.50 bits per heavy atom. The standard InChI is InChI=1S/C9H9F3N2O2/c10-9(11,12)3-5-13-6-2-1-4-14-7(6)8(15)16/h1-2,4,13H,3,5H2,(H,15,16). The maximum Gasteiger partial charge on any atom is 0.390 e.